The van der Waals surface area contributed by atoms with Crippen LogP contribution < -0.4 is 15.4 Å². The van der Waals surface area contributed by atoms with Gasteiger partial charge in [0.25, 0.3) is 0 Å². The Morgan fingerprint density at radius 2 is 2.00 bits per heavy atom. The Labute approximate surface area is 151 Å². The lowest BCUT2D eigenvalue weighted by atomic mass is 10.1. The number of benzene rings is 1. The van der Waals surface area contributed by atoms with Gasteiger partial charge in [0.2, 0.25) is 0 Å². The van der Waals surface area contributed by atoms with Gasteiger partial charge in [-0.25, -0.2) is 0 Å². The zero-order valence-corrected chi connectivity index (χ0v) is 15.8. The highest BCUT2D eigenvalue weighted by atomic mass is 16.5. The summed E-state index contributed by atoms with van der Waals surface area (Å²) in [7, 11) is 1.61. The van der Waals surface area contributed by atoms with Crippen molar-refractivity contribution in [3.63, 3.8) is 0 Å². The van der Waals surface area contributed by atoms with E-state index in [9.17, 15) is 5.11 Å². The number of nitrogens with one attached hydrogen (secondary N) is 2. The van der Waals surface area contributed by atoms with Crippen molar-refractivity contribution in [3.8, 4) is 5.75 Å². The minimum absolute atomic E-state index is 0.287. The number of hydrogen-bond acceptors (Lipinski definition) is 4. The van der Waals surface area contributed by atoms with Gasteiger partial charge in [0.1, 0.15) is 5.75 Å². The quantitative estimate of drug-likeness (QED) is 0.306. The number of ether oxygens (including phenoxy) is 2. The van der Waals surface area contributed by atoms with Crippen LogP contribution in [0.5, 0.6) is 5.75 Å². The van der Waals surface area contributed by atoms with Crippen LogP contribution in [-0.4, -0.2) is 51.0 Å². The van der Waals surface area contributed by atoms with Crippen LogP contribution in [0.1, 0.15) is 44.8 Å². The van der Waals surface area contributed by atoms with E-state index in [2.05, 4.69) is 22.5 Å². The summed E-state index contributed by atoms with van der Waals surface area (Å²) < 4.78 is 10.7. The maximum Gasteiger partial charge on any atom is 0.191 e. The Balaban J connectivity index is 2.40. The number of methoxy groups -OCH3 is 1. The average Bonchev–Trinajstić information content (AvgIpc) is 2.65. The summed E-state index contributed by atoms with van der Waals surface area (Å²) in [4.78, 5) is 4.46. The van der Waals surface area contributed by atoms with Gasteiger partial charge in [0, 0.05) is 26.3 Å². The molecule has 1 rings (SSSR count). The summed E-state index contributed by atoms with van der Waals surface area (Å²) in [6.07, 6.45) is 2.53. The fourth-order valence-corrected chi connectivity index (χ4v) is 2.20. The first-order chi connectivity index (χ1) is 12.2. The van der Waals surface area contributed by atoms with Gasteiger partial charge in [-0.1, -0.05) is 25.5 Å². The molecular weight excluding hydrogens is 318 g/mol. The summed E-state index contributed by atoms with van der Waals surface area (Å²) in [5, 5.41) is 16.8. The summed E-state index contributed by atoms with van der Waals surface area (Å²) in [5.74, 6) is 1.44. The van der Waals surface area contributed by atoms with Gasteiger partial charge in [-0.3, -0.25) is 4.99 Å². The van der Waals surface area contributed by atoms with Crippen LogP contribution in [0.4, 0.5) is 0 Å². The number of aliphatic hydroxyl groups is 1. The first kappa shape index (κ1) is 21.3. The molecule has 0 spiro atoms. The topological polar surface area (TPSA) is 75.1 Å². The summed E-state index contributed by atoms with van der Waals surface area (Å²) in [6.45, 7) is 7.60. The molecule has 0 heterocycles. The van der Waals surface area contributed by atoms with Gasteiger partial charge in [-0.15, -0.1) is 0 Å². The zero-order chi connectivity index (χ0) is 18.3. The molecule has 142 valence electrons. The molecule has 1 unspecified atom stereocenters. The lowest BCUT2D eigenvalue weighted by Gasteiger charge is -2.14. The third kappa shape index (κ3) is 9.31. The van der Waals surface area contributed by atoms with Gasteiger partial charge >= 0.3 is 0 Å². The van der Waals surface area contributed by atoms with Crippen molar-refractivity contribution in [2.75, 3.05) is 40.0 Å². The van der Waals surface area contributed by atoms with Crippen molar-refractivity contribution in [1.29, 1.82) is 0 Å². The summed E-state index contributed by atoms with van der Waals surface area (Å²) in [6, 6.07) is 7.42. The second kappa shape index (κ2) is 13.5. The Morgan fingerprint density at radius 3 is 2.72 bits per heavy atom. The number of nitrogens with zero attached hydrogens (tertiary/aromatic N) is 1. The van der Waals surface area contributed by atoms with Crippen LogP contribution in [-0.2, 0) is 4.74 Å². The van der Waals surface area contributed by atoms with Gasteiger partial charge in [0.15, 0.2) is 5.96 Å². The predicted octanol–water partition coefficient (Wildman–Crippen LogP) is 2.49. The maximum absolute atomic E-state index is 10.3. The molecule has 1 aromatic carbocycles. The monoisotopic (exact) mass is 351 g/mol. The fraction of sp³-hybridized carbons (Fsp3) is 0.632. The molecule has 0 fully saturated rings. The minimum Gasteiger partial charge on any atom is -0.497 e. The van der Waals surface area contributed by atoms with E-state index < -0.39 is 6.10 Å². The molecule has 0 amide bonds. The molecule has 6 nitrogen and oxygen atoms in total. The van der Waals surface area contributed by atoms with Crippen molar-refractivity contribution in [2.24, 2.45) is 4.99 Å². The first-order valence-corrected chi connectivity index (χ1v) is 9.13. The van der Waals surface area contributed by atoms with Gasteiger partial charge in [-0.2, -0.15) is 0 Å². The third-order valence-corrected chi connectivity index (χ3v) is 3.65. The second-order valence-corrected chi connectivity index (χ2v) is 5.76. The van der Waals surface area contributed by atoms with Gasteiger partial charge < -0.3 is 25.2 Å². The second-order valence-electron chi connectivity index (χ2n) is 5.76. The Bertz CT molecular complexity index is 495. The van der Waals surface area contributed by atoms with Gasteiger partial charge in [0.05, 0.1) is 19.8 Å². The standard InChI is InChI=1S/C19H33N3O3/c1-4-6-12-25-13-8-11-21-19(20-5-2)22-15-18(23)16-9-7-10-17(14-16)24-3/h7,9-10,14,18,23H,4-6,8,11-13,15H2,1-3H3,(H2,20,21,22). The number of aliphatic imine (C=N–C) groups is 1. The highest BCUT2D eigenvalue weighted by Gasteiger charge is 2.08. The lowest BCUT2D eigenvalue weighted by molar-refractivity contribution is 0.129. The van der Waals surface area contributed by atoms with Crippen molar-refractivity contribution >= 4 is 5.96 Å². The van der Waals surface area contributed by atoms with E-state index in [0.717, 1.165) is 56.9 Å². The highest BCUT2D eigenvalue weighted by molar-refractivity contribution is 5.79. The number of unbranched alkanes of at least 4 members (excludes halogenated alkanes) is 1. The molecule has 3 N–H and O–H groups in total. The molecule has 0 aliphatic heterocycles. The molecule has 0 saturated carbocycles. The van der Waals surface area contributed by atoms with Crippen LogP contribution in [0, 0.1) is 0 Å². The molecule has 0 aliphatic rings. The number of guanidine groups is 1. The van der Waals surface area contributed by atoms with Crippen LogP contribution in [0.3, 0.4) is 0 Å². The predicted molar refractivity (Wildman–Crippen MR) is 102 cm³/mol. The molecule has 1 aromatic rings. The number of aliphatic hydroxyl groups excluding tert-OH is 1. The largest absolute Gasteiger partial charge is 0.497 e. The molecule has 0 bridgehead atoms. The zero-order valence-electron chi connectivity index (χ0n) is 15.8. The van der Waals surface area contributed by atoms with E-state index in [1.807, 2.05) is 31.2 Å². The number of rotatable bonds is 12. The van der Waals surface area contributed by atoms with E-state index in [-0.39, 0.29) is 6.54 Å². The van der Waals surface area contributed by atoms with Crippen molar-refractivity contribution in [1.82, 2.24) is 10.6 Å². The van der Waals surface area contributed by atoms with Gasteiger partial charge in [-0.05, 0) is 37.5 Å². The van der Waals surface area contributed by atoms with Crippen LogP contribution >= 0.6 is 0 Å². The number of hydrogen-bond donors (Lipinski definition) is 3. The van der Waals surface area contributed by atoms with E-state index in [1.54, 1.807) is 7.11 Å². The smallest absolute Gasteiger partial charge is 0.191 e. The van der Waals surface area contributed by atoms with E-state index in [0.29, 0.717) is 5.96 Å². The lowest BCUT2D eigenvalue weighted by Crippen LogP contribution is -2.38. The van der Waals surface area contributed by atoms with E-state index >= 15 is 0 Å². The fourth-order valence-electron chi connectivity index (χ4n) is 2.20. The Morgan fingerprint density at radius 1 is 1.20 bits per heavy atom. The van der Waals surface area contributed by atoms with Crippen LogP contribution in [0.15, 0.2) is 29.3 Å². The third-order valence-electron chi connectivity index (χ3n) is 3.65. The van der Waals surface area contributed by atoms with E-state index in [1.165, 1.54) is 0 Å². The molecule has 1 atom stereocenters. The van der Waals surface area contributed by atoms with Crippen molar-refractivity contribution in [3.05, 3.63) is 29.8 Å². The summed E-state index contributed by atoms with van der Waals surface area (Å²) in [5.41, 5.74) is 0.795. The van der Waals surface area contributed by atoms with Crippen LogP contribution in [0.2, 0.25) is 0 Å². The molecule has 0 radical (unpaired) electrons. The summed E-state index contributed by atoms with van der Waals surface area (Å²) >= 11 is 0. The first-order valence-electron chi connectivity index (χ1n) is 9.13. The molecule has 0 aliphatic carbocycles. The van der Waals surface area contributed by atoms with Crippen LogP contribution in [0.25, 0.3) is 0 Å². The highest BCUT2D eigenvalue weighted by Crippen LogP contribution is 2.19. The Kier molecular flexibility index (Phi) is 11.5. The molecule has 0 saturated heterocycles. The molecule has 25 heavy (non-hydrogen) atoms. The van der Waals surface area contributed by atoms with Crippen molar-refractivity contribution in [2.45, 2.75) is 39.2 Å². The SMILES string of the molecule is CCCCOCCCNC(=NCC(O)c1cccc(OC)c1)NCC. The van der Waals surface area contributed by atoms with Crippen molar-refractivity contribution < 1.29 is 14.6 Å². The molecular formula is C19H33N3O3. The maximum atomic E-state index is 10.3. The van der Waals surface area contributed by atoms with E-state index in [4.69, 9.17) is 9.47 Å². The average molecular weight is 351 g/mol. The molecule has 6 heteroatoms. The minimum atomic E-state index is -0.664. The normalized spacial score (nSPS) is 12.7. The molecule has 0 aromatic heterocycles. The Hall–Kier alpha value is -1.79.